The van der Waals surface area contributed by atoms with Crippen LogP contribution in [0.2, 0.25) is 0 Å². The van der Waals surface area contributed by atoms with Gasteiger partial charge in [-0.15, -0.1) is 0 Å². The largest absolute Gasteiger partial charge is 0.384 e. The van der Waals surface area contributed by atoms with Gasteiger partial charge in [0.1, 0.15) is 6.61 Å². The Morgan fingerprint density at radius 2 is 2.24 bits per heavy atom. The summed E-state index contributed by atoms with van der Waals surface area (Å²) in [5.74, 6) is 5.43. The Morgan fingerprint density at radius 3 is 2.86 bits per heavy atom. The minimum atomic E-state index is -0.175. The third-order valence-corrected chi connectivity index (χ3v) is 4.36. The molecule has 0 radical (unpaired) electrons. The average molecular weight is 285 g/mol. The lowest BCUT2D eigenvalue weighted by atomic mass is 9.87. The Bertz CT molecular complexity index is 593. The van der Waals surface area contributed by atoms with Crippen molar-refractivity contribution in [2.45, 2.75) is 46.1 Å². The first-order valence-corrected chi connectivity index (χ1v) is 7.45. The molecular weight excluding hydrogens is 262 g/mol. The smallest absolute Gasteiger partial charge is 0.251 e. The van der Waals surface area contributed by atoms with E-state index in [0.29, 0.717) is 5.56 Å². The number of aliphatic hydroxyl groups is 1. The normalized spacial score (nSPS) is 19.7. The quantitative estimate of drug-likeness (QED) is 0.821. The van der Waals surface area contributed by atoms with Crippen LogP contribution in [0.1, 0.15) is 54.6 Å². The van der Waals surface area contributed by atoms with Crippen molar-refractivity contribution in [3.05, 3.63) is 34.9 Å². The van der Waals surface area contributed by atoms with Gasteiger partial charge in [0.2, 0.25) is 0 Å². The number of aliphatic hydroxyl groups excluding tert-OH is 1. The number of rotatable bonds is 2. The molecule has 3 heteroatoms. The molecule has 0 bridgehead atoms. The lowest BCUT2D eigenvalue weighted by Gasteiger charge is -2.28. The fourth-order valence-electron chi connectivity index (χ4n) is 2.92. The molecule has 112 valence electrons. The molecule has 0 saturated heterocycles. The summed E-state index contributed by atoms with van der Waals surface area (Å²) in [6, 6.07) is 5.80. The second-order valence-corrected chi connectivity index (χ2v) is 6.40. The molecule has 1 unspecified atom stereocenters. The molecule has 0 spiro atoms. The van der Waals surface area contributed by atoms with Crippen LogP contribution in [0.5, 0.6) is 0 Å². The molecule has 2 N–H and O–H groups in total. The lowest BCUT2D eigenvalue weighted by molar-refractivity contribution is 0.0909. The third-order valence-electron chi connectivity index (χ3n) is 4.36. The molecule has 1 aliphatic rings. The summed E-state index contributed by atoms with van der Waals surface area (Å²) in [5.41, 5.74) is 2.53. The van der Waals surface area contributed by atoms with Gasteiger partial charge in [0.05, 0.1) is 0 Å². The summed E-state index contributed by atoms with van der Waals surface area (Å²) in [6.45, 7) is 6.17. The van der Waals surface area contributed by atoms with Gasteiger partial charge < -0.3 is 10.4 Å². The zero-order chi connectivity index (χ0) is 15.5. The van der Waals surface area contributed by atoms with E-state index in [2.05, 4.69) is 31.0 Å². The van der Waals surface area contributed by atoms with E-state index in [0.717, 1.165) is 24.0 Å². The van der Waals surface area contributed by atoms with Crippen LogP contribution in [0.3, 0.4) is 0 Å². The number of benzene rings is 1. The van der Waals surface area contributed by atoms with Crippen molar-refractivity contribution in [1.29, 1.82) is 0 Å². The van der Waals surface area contributed by atoms with Crippen LogP contribution < -0.4 is 5.32 Å². The van der Waals surface area contributed by atoms with Gasteiger partial charge in [0.15, 0.2) is 0 Å². The Labute approximate surface area is 126 Å². The first-order chi connectivity index (χ1) is 9.94. The standard InChI is InChI=1S/C18H23NO2/c1-13-8-9-14(6-5-11-20)12-15(13)17(21)19-16-7-4-10-18(16,2)3/h8-9,12,16,20H,4,7,10-11H2,1-3H3,(H,19,21). The molecule has 1 fully saturated rings. The molecule has 1 aliphatic carbocycles. The number of amides is 1. The van der Waals surface area contributed by atoms with Gasteiger partial charge in [-0.1, -0.05) is 38.2 Å². The van der Waals surface area contributed by atoms with E-state index < -0.39 is 0 Å². The first kappa shape index (κ1) is 15.6. The van der Waals surface area contributed by atoms with Crippen LogP contribution in [0.15, 0.2) is 18.2 Å². The highest BCUT2D eigenvalue weighted by atomic mass is 16.2. The van der Waals surface area contributed by atoms with E-state index in [1.807, 2.05) is 19.1 Å². The van der Waals surface area contributed by atoms with E-state index in [-0.39, 0.29) is 24.0 Å². The van der Waals surface area contributed by atoms with Gasteiger partial charge in [-0.2, -0.15) is 0 Å². The van der Waals surface area contributed by atoms with E-state index in [1.165, 1.54) is 6.42 Å². The Hall–Kier alpha value is -1.79. The molecule has 2 rings (SSSR count). The van der Waals surface area contributed by atoms with Gasteiger partial charge >= 0.3 is 0 Å². The zero-order valence-corrected chi connectivity index (χ0v) is 13.0. The second kappa shape index (κ2) is 6.32. The lowest BCUT2D eigenvalue weighted by Crippen LogP contribution is -2.41. The van der Waals surface area contributed by atoms with Crippen LogP contribution in [-0.4, -0.2) is 23.7 Å². The maximum Gasteiger partial charge on any atom is 0.251 e. The summed E-state index contributed by atoms with van der Waals surface area (Å²) >= 11 is 0. The number of carbonyl (C=O) groups excluding carboxylic acids is 1. The van der Waals surface area contributed by atoms with Crippen molar-refractivity contribution < 1.29 is 9.90 Å². The SMILES string of the molecule is Cc1ccc(C#CCO)cc1C(=O)NC1CCCC1(C)C. The Morgan fingerprint density at radius 1 is 1.48 bits per heavy atom. The Balaban J connectivity index is 2.19. The fourth-order valence-corrected chi connectivity index (χ4v) is 2.92. The molecule has 1 atom stereocenters. The molecule has 1 saturated carbocycles. The van der Waals surface area contributed by atoms with E-state index in [4.69, 9.17) is 5.11 Å². The monoisotopic (exact) mass is 285 g/mol. The maximum atomic E-state index is 12.5. The van der Waals surface area contributed by atoms with Crippen molar-refractivity contribution >= 4 is 5.91 Å². The van der Waals surface area contributed by atoms with Gasteiger partial charge in [0, 0.05) is 17.2 Å². The second-order valence-electron chi connectivity index (χ2n) is 6.40. The molecule has 1 amide bonds. The summed E-state index contributed by atoms with van der Waals surface area (Å²) in [6.07, 6.45) is 3.36. The van der Waals surface area contributed by atoms with Crippen molar-refractivity contribution in [1.82, 2.24) is 5.32 Å². The van der Waals surface area contributed by atoms with Crippen LogP contribution in [0.25, 0.3) is 0 Å². The van der Waals surface area contributed by atoms with Gasteiger partial charge in [0.25, 0.3) is 5.91 Å². The molecule has 1 aromatic rings. The topological polar surface area (TPSA) is 49.3 Å². The van der Waals surface area contributed by atoms with Gasteiger partial charge in [-0.05, 0) is 42.9 Å². The van der Waals surface area contributed by atoms with Crippen LogP contribution in [0.4, 0.5) is 0 Å². The highest BCUT2D eigenvalue weighted by Crippen LogP contribution is 2.37. The van der Waals surface area contributed by atoms with E-state index in [9.17, 15) is 4.79 Å². The average Bonchev–Trinajstić information content (AvgIpc) is 2.77. The first-order valence-electron chi connectivity index (χ1n) is 7.45. The molecular formula is C18H23NO2. The summed E-state index contributed by atoms with van der Waals surface area (Å²) in [7, 11) is 0. The van der Waals surface area contributed by atoms with Gasteiger partial charge in [-0.25, -0.2) is 0 Å². The predicted molar refractivity (Wildman–Crippen MR) is 84.0 cm³/mol. The summed E-state index contributed by atoms with van der Waals surface area (Å²) < 4.78 is 0. The van der Waals surface area contributed by atoms with E-state index in [1.54, 1.807) is 6.07 Å². The molecule has 0 aromatic heterocycles. The summed E-state index contributed by atoms with van der Waals surface area (Å²) in [4.78, 5) is 12.5. The van der Waals surface area contributed by atoms with E-state index >= 15 is 0 Å². The molecule has 21 heavy (non-hydrogen) atoms. The van der Waals surface area contributed by atoms with Crippen molar-refractivity contribution in [3.63, 3.8) is 0 Å². The van der Waals surface area contributed by atoms with Crippen LogP contribution in [-0.2, 0) is 0 Å². The number of carbonyl (C=O) groups is 1. The summed E-state index contributed by atoms with van der Waals surface area (Å²) in [5, 5.41) is 11.9. The minimum absolute atomic E-state index is 0.0277. The van der Waals surface area contributed by atoms with Crippen LogP contribution >= 0.6 is 0 Å². The third kappa shape index (κ3) is 3.65. The number of hydrogen-bond donors (Lipinski definition) is 2. The highest BCUT2D eigenvalue weighted by Gasteiger charge is 2.35. The van der Waals surface area contributed by atoms with Crippen molar-refractivity contribution in [3.8, 4) is 11.8 Å². The predicted octanol–water partition coefficient (Wildman–Crippen LogP) is 2.65. The van der Waals surface area contributed by atoms with Crippen molar-refractivity contribution in [2.75, 3.05) is 6.61 Å². The minimum Gasteiger partial charge on any atom is -0.384 e. The van der Waals surface area contributed by atoms with Crippen LogP contribution in [0, 0.1) is 24.2 Å². The number of aryl methyl sites for hydroxylation is 1. The molecule has 0 heterocycles. The Kier molecular flexibility index (Phi) is 4.69. The number of hydrogen-bond acceptors (Lipinski definition) is 2. The van der Waals surface area contributed by atoms with Gasteiger partial charge in [-0.3, -0.25) is 4.79 Å². The van der Waals surface area contributed by atoms with Crippen molar-refractivity contribution in [2.24, 2.45) is 5.41 Å². The molecule has 3 nitrogen and oxygen atoms in total. The highest BCUT2D eigenvalue weighted by molar-refractivity contribution is 5.96. The molecule has 1 aromatic carbocycles. The fraction of sp³-hybridized carbons (Fsp3) is 0.500. The number of nitrogens with one attached hydrogen (secondary N) is 1. The molecule has 0 aliphatic heterocycles. The maximum absolute atomic E-state index is 12.5. The zero-order valence-electron chi connectivity index (χ0n) is 13.0.